The van der Waals surface area contributed by atoms with Crippen molar-refractivity contribution in [1.29, 1.82) is 0 Å². The summed E-state index contributed by atoms with van der Waals surface area (Å²) in [5.74, 6) is 0.711. The molecule has 2 aromatic heterocycles. The molecule has 0 atom stereocenters. The first-order valence-corrected chi connectivity index (χ1v) is 6.55. The summed E-state index contributed by atoms with van der Waals surface area (Å²) >= 11 is 0. The van der Waals surface area contributed by atoms with Crippen LogP contribution in [0.2, 0.25) is 0 Å². The Morgan fingerprint density at radius 3 is 2.71 bits per heavy atom. The average molecular weight is 283 g/mol. The summed E-state index contributed by atoms with van der Waals surface area (Å²) in [5, 5.41) is 4.07. The van der Waals surface area contributed by atoms with Crippen molar-refractivity contribution in [3.05, 3.63) is 60.2 Å². The van der Waals surface area contributed by atoms with Gasteiger partial charge < -0.3 is 10.1 Å². The fourth-order valence-corrected chi connectivity index (χ4v) is 2.11. The van der Waals surface area contributed by atoms with Crippen molar-refractivity contribution < 1.29 is 9.13 Å². The molecule has 0 aliphatic rings. The summed E-state index contributed by atoms with van der Waals surface area (Å²) in [7, 11) is 1.62. The van der Waals surface area contributed by atoms with E-state index in [2.05, 4.69) is 15.3 Å². The highest BCUT2D eigenvalue weighted by atomic mass is 19.1. The summed E-state index contributed by atoms with van der Waals surface area (Å²) in [5.41, 5.74) is 1.64. The summed E-state index contributed by atoms with van der Waals surface area (Å²) < 4.78 is 18.3. The highest BCUT2D eigenvalue weighted by Crippen LogP contribution is 2.23. The van der Waals surface area contributed by atoms with Gasteiger partial charge >= 0.3 is 0 Å². The molecule has 0 aliphatic carbocycles. The van der Waals surface area contributed by atoms with Gasteiger partial charge in [0.05, 0.1) is 19.3 Å². The van der Waals surface area contributed by atoms with Crippen LogP contribution in [0.1, 0.15) is 5.69 Å². The van der Waals surface area contributed by atoms with Crippen molar-refractivity contribution in [1.82, 2.24) is 9.97 Å². The standard InChI is InChI=1S/C16H14FN3O/c1-21-13-5-2-4-11-8-9-12(19-16(11)13)10-18-15-7-3-6-14(17)20-15/h2-9H,10H2,1H3,(H,18,20). The number of rotatable bonds is 4. The van der Waals surface area contributed by atoms with E-state index in [1.165, 1.54) is 6.07 Å². The van der Waals surface area contributed by atoms with E-state index in [1.807, 2.05) is 30.3 Å². The molecule has 21 heavy (non-hydrogen) atoms. The molecule has 0 fully saturated rings. The van der Waals surface area contributed by atoms with Crippen LogP contribution in [0.4, 0.5) is 10.2 Å². The van der Waals surface area contributed by atoms with Crippen LogP contribution in [0, 0.1) is 5.95 Å². The monoisotopic (exact) mass is 283 g/mol. The first-order chi connectivity index (χ1) is 10.3. The Balaban J connectivity index is 1.84. The molecular formula is C16H14FN3O. The van der Waals surface area contributed by atoms with Crippen LogP contribution in [0.15, 0.2) is 48.5 Å². The van der Waals surface area contributed by atoms with Crippen LogP contribution in [0.25, 0.3) is 10.9 Å². The number of hydrogen-bond donors (Lipinski definition) is 1. The van der Waals surface area contributed by atoms with E-state index in [-0.39, 0.29) is 0 Å². The molecule has 3 aromatic rings. The number of nitrogens with one attached hydrogen (secondary N) is 1. The third-order valence-electron chi connectivity index (χ3n) is 3.13. The maximum Gasteiger partial charge on any atom is 0.214 e. The SMILES string of the molecule is COc1cccc2ccc(CNc3cccc(F)n3)nc12. The Hall–Kier alpha value is -2.69. The van der Waals surface area contributed by atoms with E-state index < -0.39 is 5.95 Å². The average Bonchev–Trinajstić information content (AvgIpc) is 2.52. The fourth-order valence-electron chi connectivity index (χ4n) is 2.11. The van der Waals surface area contributed by atoms with E-state index in [1.54, 1.807) is 19.2 Å². The van der Waals surface area contributed by atoms with E-state index in [9.17, 15) is 4.39 Å². The van der Waals surface area contributed by atoms with Crippen LogP contribution in [0.3, 0.4) is 0 Å². The number of hydrogen-bond acceptors (Lipinski definition) is 4. The highest BCUT2D eigenvalue weighted by Gasteiger charge is 2.04. The summed E-state index contributed by atoms with van der Waals surface area (Å²) in [6.45, 7) is 0.463. The van der Waals surface area contributed by atoms with E-state index in [4.69, 9.17) is 4.74 Å². The molecule has 0 saturated heterocycles. The maximum atomic E-state index is 13.0. The minimum absolute atomic E-state index is 0.463. The highest BCUT2D eigenvalue weighted by molar-refractivity contribution is 5.84. The molecule has 5 heteroatoms. The lowest BCUT2D eigenvalue weighted by atomic mass is 10.2. The molecule has 0 amide bonds. The number of halogens is 1. The quantitative estimate of drug-likeness (QED) is 0.746. The molecule has 0 bridgehead atoms. The van der Waals surface area contributed by atoms with Crippen LogP contribution < -0.4 is 10.1 Å². The minimum Gasteiger partial charge on any atom is -0.494 e. The second-order valence-electron chi connectivity index (χ2n) is 4.53. The number of para-hydroxylation sites is 1. The molecular weight excluding hydrogens is 269 g/mol. The third-order valence-corrected chi connectivity index (χ3v) is 3.13. The van der Waals surface area contributed by atoms with E-state index in [0.29, 0.717) is 12.4 Å². The lowest BCUT2D eigenvalue weighted by molar-refractivity contribution is 0.419. The molecule has 0 saturated carbocycles. The number of fused-ring (bicyclic) bond motifs is 1. The molecule has 0 unspecified atom stereocenters. The number of benzene rings is 1. The molecule has 0 aliphatic heterocycles. The first-order valence-electron chi connectivity index (χ1n) is 6.55. The predicted molar refractivity (Wildman–Crippen MR) is 79.8 cm³/mol. The Kier molecular flexibility index (Phi) is 3.64. The zero-order valence-corrected chi connectivity index (χ0v) is 11.5. The van der Waals surface area contributed by atoms with Gasteiger partial charge in [-0.1, -0.05) is 24.3 Å². The molecule has 2 heterocycles. The molecule has 4 nitrogen and oxygen atoms in total. The molecule has 106 valence electrons. The van der Waals surface area contributed by atoms with Gasteiger partial charge in [-0.15, -0.1) is 0 Å². The van der Waals surface area contributed by atoms with Crippen molar-refractivity contribution in [2.75, 3.05) is 12.4 Å². The van der Waals surface area contributed by atoms with Crippen molar-refractivity contribution in [2.24, 2.45) is 0 Å². The Morgan fingerprint density at radius 1 is 1.05 bits per heavy atom. The van der Waals surface area contributed by atoms with Gasteiger partial charge in [0.15, 0.2) is 0 Å². The van der Waals surface area contributed by atoms with Crippen molar-refractivity contribution in [2.45, 2.75) is 6.54 Å². The van der Waals surface area contributed by atoms with E-state index in [0.717, 1.165) is 22.3 Å². The van der Waals surface area contributed by atoms with Gasteiger partial charge in [0.2, 0.25) is 5.95 Å². The van der Waals surface area contributed by atoms with Gasteiger partial charge in [0.25, 0.3) is 0 Å². The lowest BCUT2D eigenvalue weighted by Gasteiger charge is -2.08. The molecule has 0 spiro atoms. The second-order valence-corrected chi connectivity index (χ2v) is 4.53. The first kappa shape index (κ1) is 13.3. The summed E-state index contributed by atoms with van der Waals surface area (Å²) in [6, 6.07) is 14.3. The van der Waals surface area contributed by atoms with Gasteiger partial charge in [-0.05, 0) is 24.3 Å². The minimum atomic E-state index is -0.506. The molecule has 1 N–H and O–H groups in total. The molecule has 0 radical (unpaired) electrons. The zero-order chi connectivity index (χ0) is 14.7. The second kappa shape index (κ2) is 5.75. The van der Waals surface area contributed by atoms with Crippen molar-refractivity contribution >= 4 is 16.7 Å². The maximum absolute atomic E-state index is 13.0. The summed E-state index contributed by atoms with van der Waals surface area (Å²) in [4.78, 5) is 8.33. The fraction of sp³-hybridized carbons (Fsp3) is 0.125. The number of ether oxygens (including phenoxy) is 1. The normalized spacial score (nSPS) is 10.6. The van der Waals surface area contributed by atoms with Gasteiger partial charge in [-0.25, -0.2) is 9.97 Å². The Bertz CT molecular complexity index is 776. The van der Waals surface area contributed by atoms with Crippen LogP contribution in [-0.2, 0) is 6.54 Å². The number of methoxy groups -OCH3 is 1. The smallest absolute Gasteiger partial charge is 0.214 e. The Labute approximate surface area is 121 Å². The number of aromatic nitrogens is 2. The topological polar surface area (TPSA) is 47.0 Å². The number of pyridine rings is 2. The van der Waals surface area contributed by atoms with E-state index >= 15 is 0 Å². The van der Waals surface area contributed by atoms with Gasteiger partial charge in [-0.2, -0.15) is 4.39 Å². The third kappa shape index (κ3) is 2.91. The number of anilines is 1. The van der Waals surface area contributed by atoms with Gasteiger partial charge in [0.1, 0.15) is 17.1 Å². The van der Waals surface area contributed by atoms with Gasteiger partial charge in [-0.3, -0.25) is 0 Å². The van der Waals surface area contributed by atoms with Gasteiger partial charge in [0, 0.05) is 5.39 Å². The lowest BCUT2D eigenvalue weighted by Crippen LogP contribution is -2.04. The zero-order valence-electron chi connectivity index (χ0n) is 11.5. The largest absolute Gasteiger partial charge is 0.494 e. The molecule has 3 rings (SSSR count). The Morgan fingerprint density at radius 2 is 1.90 bits per heavy atom. The summed E-state index contributed by atoms with van der Waals surface area (Å²) in [6.07, 6.45) is 0. The van der Waals surface area contributed by atoms with Crippen LogP contribution in [0.5, 0.6) is 5.75 Å². The van der Waals surface area contributed by atoms with Crippen LogP contribution >= 0.6 is 0 Å². The molecule has 1 aromatic carbocycles. The number of nitrogens with zero attached hydrogens (tertiary/aromatic N) is 2. The van der Waals surface area contributed by atoms with Crippen molar-refractivity contribution in [3.8, 4) is 5.75 Å². The predicted octanol–water partition coefficient (Wildman–Crippen LogP) is 3.39. The van der Waals surface area contributed by atoms with Crippen LogP contribution in [-0.4, -0.2) is 17.1 Å². The van der Waals surface area contributed by atoms with Crippen molar-refractivity contribution in [3.63, 3.8) is 0 Å².